The second-order valence-electron chi connectivity index (χ2n) is 11.9. The number of amides is 2. The van der Waals surface area contributed by atoms with Gasteiger partial charge in [0.1, 0.15) is 17.7 Å². The highest BCUT2D eigenvalue weighted by atomic mass is 35.5. The first-order valence-corrected chi connectivity index (χ1v) is 14.3. The molecule has 2 N–H and O–H groups in total. The number of carbonyl (C=O) groups is 2. The van der Waals surface area contributed by atoms with E-state index in [1.54, 1.807) is 18.2 Å². The Morgan fingerprint density at radius 3 is 2.25 bits per heavy atom. The van der Waals surface area contributed by atoms with E-state index >= 15 is 0 Å². The highest BCUT2D eigenvalue weighted by Crippen LogP contribution is 2.36. The summed E-state index contributed by atoms with van der Waals surface area (Å²) in [5.41, 5.74) is 3.04. The van der Waals surface area contributed by atoms with Crippen molar-refractivity contribution in [3.63, 3.8) is 0 Å². The van der Waals surface area contributed by atoms with E-state index in [1.807, 2.05) is 71.9 Å². The van der Waals surface area contributed by atoms with Crippen LogP contribution in [0.3, 0.4) is 0 Å². The molecule has 3 aromatic rings. The van der Waals surface area contributed by atoms with Crippen LogP contribution in [0.4, 0.5) is 0 Å². The molecule has 1 fully saturated rings. The van der Waals surface area contributed by atoms with Crippen LogP contribution in [-0.4, -0.2) is 45.7 Å². The molecule has 0 bridgehead atoms. The number of β-amino-alcohol motifs (C(OH)–C–C–N with tert-alkyl or cyclic N) is 1. The lowest BCUT2D eigenvalue weighted by molar-refractivity contribution is -0.141. The van der Waals surface area contributed by atoms with E-state index in [4.69, 9.17) is 27.7 Å². The fourth-order valence-electron chi connectivity index (χ4n) is 5.11. The summed E-state index contributed by atoms with van der Waals surface area (Å²) in [6.07, 6.45) is -0.620. The number of hydrogen-bond acceptors (Lipinski definition) is 5. The third-order valence-corrected chi connectivity index (χ3v) is 8.05. The number of rotatable bonds is 7. The first kappa shape index (κ1) is 30.1. The third kappa shape index (κ3) is 6.37. The van der Waals surface area contributed by atoms with Gasteiger partial charge in [-0.05, 0) is 36.1 Å². The van der Waals surface area contributed by atoms with Gasteiger partial charge in [-0.15, -0.1) is 0 Å². The topological polar surface area (TPSA) is 95.7 Å². The molecule has 4 atom stereocenters. The number of aliphatic hydroxyl groups is 1. The smallest absolute Gasteiger partial charge is 0.243 e. The SMILES string of the molecule is CC(C)[C@@H](C(=O)N1C[C@H](O)C[C@H]1C(=O)N[C@@H](C)c1ccc(-c2c(Cl)cccc2Cl)cc1)c1cc(C(C)(C)C)no1. The summed E-state index contributed by atoms with van der Waals surface area (Å²) in [6.45, 7) is 11.9. The van der Waals surface area contributed by atoms with Crippen molar-refractivity contribution < 1.29 is 19.2 Å². The number of aliphatic hydroxyl groups excluding tert-OH is 1. The Morgan fingerprint density at radius 2 is 1.70 bits per heavy atom. The molecule has 1 aromatic heterocycles. The van der Waals surface area contributed by atoms with Crippen LogP contribution >= 0.6 is 23.2 Å². The van der Waals surface area contributed by atoms with E-state index in [0.29, 0.717) is 15.8 Å². The fourth-order valence-corrected chi connectivity index (χ4v) is 5.73. The number of aromatic nitrogens is 1. The zero-order valence-corrected chi connectivity index (χ0v) is 25.3. The number of carbonyl (C=O) groups excluding carboxylic acids is 2. The van der Waals surface area contributed by atoms with Crippen molar-refractivity contribution >= 4 is 35.0 Å². The fraction of sp³-hybridized carbons (Fsp3) is 0.452. The van der Waals surface area contributed by atoms with Crippen molar-refractivity contribution in [2.24, 2.45) is 5.92 Å². The van der Waals surface area contributed by atoms with Gasteiger partial charge >= 0.3 is 0 Å². The van der Waals surface area contributed by atoms with Crippen molar-refractivity contribution in [1.82, 2.24) is 15.4 Å². The van der Waals surface area contributed by atoms with Gasteiger partial charge in [-0.1, -0.05) is 93.3 Å². The molecule has 2 aromatic carbocycles. The average Bonchev–Trinajstić information content (AvgIpc) is 3.51. The Kier molecular flexibility index (Phi) is 8.98. The van der Waals surface area contributed by atoms with Crippen molar-refractivity contribution in [2.45, 2.75) is 77.5 Å². The van der Waals surface area contributed by atoms with Gasteiger partial charge in [0.15, 0.2) is 0 Å². The molecule has 2 heterocycles. The molecular weight excluding hydrogens is 549 g/mol. The van der Waals surface area contributed by atoms with E-state index in [1.165, 1.54) is 4.90 Å². The lowest BCUT2D eigenvalue weighted by Gasteiger charge is -2.29. The Labute approximate surface area is 245 Å². The summed E-state index contributed by atoms with van der Waals surface area (Å²) in [5.74, 6) is -0.815. The Balaban J connectivity index is 1.50. The van der Waals surface area contributed by atoms with Gasteiger partial charge in [0, 0.05) is 40.1 Å². The zero-order valence-electron chi connectivity index (χ0n) is 23.7. The molecule has 0 saturated carbocycles. The molecule has 0 spiro atoms. The molecule has 1 aliphatic heterocycles. The average molecular weight is 587 g/mol. The molecule has 40 heavy (non-hydrogen) atoms. The Bertz CT molecular complexity index is 1340. The molecule has 0 unspecified atom stereocenters. The normalized spacial score (nSPS) is 19.1. The number of halogens is 2. The van der Waals surface area contributed by atoms with Crippen LogP contribution in [0.25, 0.3) is 11.1 Å². The van der Waals surface area contributed by atoms with Crippen molar-refractivity contribution in [3.8, 4) is 11.1 Å². The molecular formula is C31H37Cl2N3O4. The van der Waals surface area contributed by atoms with E-state index in [9.17, 15) is 14.7 Å². The summed E-state index contributed by atoms with van der Waals surface area (Å²) in [5, 5.41) is 18.8. The molecule has 0 aliphatic carbocycles. The van der Waals surface area contributed by atoms with Gasteiger partial charge in [-0.3, -0.25) is 9.59 Å². The van der Waals surface area contributed by atoms with Crippen LogP contribution in [0.1, 0.15) is 76.9 Å². The Morgan fingerprint density at radius 1 is 1.07 bits per heavy atom. The van der Waals surface area contributed by atoms with Gasteiger partial charge in [-0.25, -0.2) is 0 Å². The van der Waals surface area contributed by atoms with Gasteiger partial charge in [0.05, 0.1) is 17.8 Å². The highest BCUT2D eigenvalue weighted by molar-refractivity contribution is 6.39. The van der Waals surface area contributed by atoms with Crippen LogP contribution in [0.2, 0.25) is 10.0 Å². The molecule has 214 valence electrons. The Hall–Kier alpha value is -2.87. The number of nitrogens with zero attached hydrogens (tertiary/aromatic N) is 2. The minimum absolute atomic E-state index is 0.0854. The molecule has 7 nitrogen and oxygen atoms in total. The van der Waals surface area contributed by atoms with E-state index < -0.39 is 18.1 Å². The third-order valence-electron chi connectivity index (χ3n) is 7.42. The van der Waals surface area contributed by atoms with Crippen molar-refractivity contribution in [2.75, 3.05) is 6.54 Å². The van der Waals surface area contributed by atoms with E-state index in [0.717, 1.165) is 22.4 Å². The van der Waals surface area contributed by atoms with Gasteiger partial charge in [-0.2, -0.15) is 0 Å². The van der Waals surface area contributed by atoms with Gasteiger partial charge in [0.25, 0.3) is 0 Å². The predicted molar refractivity (Wildman–Crippen MR) is 157 cm³/mol. The molecule has 0 radical (unpaired) electrons. The van der Waals surface area contributed by atoms with Crippen LogP contribution < -0.4 is 5.32 Å². The highest BCUT2D eigenvalue weighted by Gasteiger charge is 2.43. The summed E-state index contributed by atoms with van der Waals surface area (Å²) in [4.78, 5) is 28.7. The first-order chi connectivity index (χ1) is 18.8. The standard InChI is InChI=1S/C31H37Cl2N3O4/c1-17(2)27(25-15-26(35-40-25)31(4,5)6)30(39)36-16-21(37)14-24(36)29(38)34-18(3)19-10-12-20(13-11-19)28-22(32)8-7-9-23(28)33/h7-13,15,17-18,21,24,27,37H,14,16H2,1-6H3,(H,34,38)/t18-,21+,24-,27+/m0/s1. The second kappa shape index (κ2) is 11.9. The minimum Gasteiger partial charge on any atom is -0.391 e. The lowest BCUT2D eigenvalue weighted by Crippen LogP contribution is -2.48. The number of nitrogens with one attached hydrogen (secondary N) is 1. The van der Waals surface area contributed by atoms with Crippen LogP contribution in [0.15, 0.2) is 53.1 Å². The van der Waals surface area contributed by atoms with Crippen molar-refractivity contribution in [3.05, 3.63) is 75.6 Å². The summed E-state index contributed by atoms with van der Waals surface area (Å²) < 4.78 is 5.62. The molecule has 2 amide bonds. The molecule has 1 aliphatic rings. The van der Waals surface area contributed by atoms with Crippen molar-refractivity contribution in [1.29, 1.82) is 0 Å². The summed E-state index contributed by atoms with van der Waals surface area (Å²) >= 11 is 12.7. The quantitative estimate of drug-likeness (QED) is 0.329. The molecule has 9 heteroatoms. The van der Waals surface area contributed by atoms with E-state index in [-0.39, 0.29) is 42.2 Å². The molecule has 1 saturated heterocycles. The number of hydrogen-bond donors (Lipinski definition) is 2. The summed E-state index contributed by atoms with van der Waals surface area (Å²) in [7, 11) is 0. The number of benzene rings is 2. The second-order valence-corrected chi connectivity index (χ2v) is 12.7. The predicted octanol–water partition coefficient (Wildman–Crippen LogP) is 6.52. The minimum atomic E-state index is -0.794. The summed E-state index contributed by atoms with van der Waals surface area (Å²) in [6, 6.07) is 13.7. The largest absolute Gasteiger partial charge is 0.391 e. The molecule has 4 rings (SSSR count). The van der Waals surface area contributed by atoms with Gasteiger partial charge in [0.2, 0.25) is 11.8 Å². The first-order valence-electron chi connectivity index (χ1n) is 13.6. The van der Waals surface area contributed by atoms with Crippen LogP contribution in [0.5, 0.6) is 0 Å². The van der Waals surface area contributed by atoms with E-state index in [2.05, 4.69) is 10.5 Å². The zero-order chi connectivity index (χ0) is 29.4. The monoisotopic (exact) mass is 585 g/mol. The maximum Gasteiger partial charge on any atom is 0.243 e. The lowest BCUT2D eigenvalue weighted by atomic mass is 9.88. The maximum atomic E-state index is 13.8. The maximum absolute atomic E-state index is 13.8. The number of likely N-dealkylation sites (tertiary alicyclic amines) is 1. The van der Waals surface area contributed by atoms with Crippen LogP contribution in [-0.2, 0) is 15.0 Å². The van der Waals surface area contributed by atoms with Gasteiger partial charge < -0.3 is 19.8 Å². The van der Waals surface area contributed by atoms with Crippen LogP contribution in [0, 0.1) is 5.92 Å².